The van der Waals surface area contributed by atoms with Crippen LogP contribution in [0.3, 0.4) is 0 Å². The van der Waals surface area contributed by atoms with Crippen molar-refractivity contribution >= 4 is 22.6 Å². The number of amides is 1. The second-order valence-corrected chi connectivity index (χ2v) is 7.22. The molecular weight excluding hydrogens is 330 g/mol. The molecule has 0 aromatic heterocycles. The number of benzene rings is 2. The van der Waals surface area contributed by atoms with E-state index in [1.807, 2.05) is 30.3 Å². The fourth-order valence-corrected chi connectivity index (χ4v) is 3.71. The van der Waals surface area contributed by atoms with Gasteiger partial charge in [0.25, 0.3) is 5.91 Å². The summed E-state index contributed by atoms with van der Waals surface area (Å²) in [6.45, 7) is 5.48. The Morgan fingerprint density at radius 2 is 1.69 bits per heavy atom. The van der Waals surface area contributed by atoms with Gasteiger partial charge in [0.05, 0.1) is 7.11 Å². The monoisotopic (exact) mass is 355 g/mol. The normalized spacial score (nSPS) is 20.0. The molecule has 0 N–H and O–H groups in total. The Bertz CT molecular complexity index is 807. The van der Waals surface area contributed by atoms with Crippen molar-refractivity contribution in [1.29, 1.82) is 0 Å². The van der Waals surface area contributed by atoms with Gasteiger partial charge in [-0.15, -0.1) is 0 Å². The lowest BCUT2D eigenvalue weighted by atomic mass is 9.92. The first kappa shape index (κ1) is 18.2. The minimum Gasteiger partial charge on any atom is -0.496 e. The molecule has 1 aliphatic heterocycles. The molecule has 5 nitrogen and oxygen atoms in total. The Balaban J connectivity index is 1.70. The van der Waals surface area contributed by atoms with Gasteiger partial charge in [-0.1, -0.05) is 38.1 Å². The molecule has 5 heteroatoms. The maximum Gasteiger partial charge on any atom is 0.342 e. The standard InChI is InChI=1S/C21H25NO4/c1-14-8-15(2)12-22(11-14)20(23)13-26-21(24)18-9-16-6-4-5-7-17(16)10-19(18)25-3/h4-7,9-10,14-15H,8,11-13H2,1-3H3/t14-,15-/m0/s1. The maximum absolute atomic E-state index is 12.5. The summed E-state index contributed by atoms with van der Waals surface area (Å²) < 4.78 is 10.6. The summed E-state index contributed by atoms with van der Waals surface area (Å²) in [7, 11) is 1.52. The van der Waals surface area contributed by atoms with Gasteiger partial charge in [0, 0.05) is 13.1 Å². The van der Waals surface area contributed by atoms with Crippen LogP contribution in [0.5, 0.6) is 5.75 Å². The van der Waals surface area contributed by atoms with Crippen LogP contribution in [0.25, 0.3) is 10.8 Å². The molecule has 2 aromatic carbocycles. The molecule has 3 rings (SSSR count). The third kappa shape index (κ3) is 3.98. The molecule has 0 saturated carbocycles. The molecule has 0 spiro atoms. The van der Waals surface area contributed by atoms with E-state index < -0.39 is 5.97 Å². The summed E-state index contributed by atoms with van der Waals surface area (Å²) in [6.07, 6.45) is 1.12. The Labute approximate surface area is 153 Å². The number of carbonyl (C=O) groups is 2. The Morgan fingerprint density at radius 3 is 2.31 bits per heavy atom. The molecule has 1 aliphatic rings. The highest BCUT2D eigenvalue weighted by Crippen LogP contribution is 2.27. The summed E-state index contributed by atoms with van der Waals surface area (Å²) >= 11 is 0. The Hall–Kier alpha value is -2.56. The van der Waals surface area contributed by atoms with Crippen LogP contribution in [-0.4, -0.2) is 43.6 Å². The molecule has 0 bridgehead atoms. The molecule has 0 unspecified atom stereocenters. The van der Waals surface area contributed by atoms with Gasteiger partial charge in [0.1, 0.15) is 11.3 Å². The summed E-state index contributed by atoms with van der Waals surface area (Å²) in [5, 5.41) is 1.90. The van der Waals surface area contributed by atoms with Crippen LogP contribution in [0, 0.1) is 11.8 Å². The van der Waals surface area contributed by atoms with Crippen LogP contribution in [0.4, 0.5) is 0 Å². The van der Waals surface area contributed by atoms with Gasteiger partial charge in [-0.3, -0.25) is 4.79 Å². The van der Waals surface area contributed by atoms with Crippen LogP contribution in [0.1, 0.15) is 30.6 Å². The summed E-state index contributed by atoms with van der Waals surface area (Å²) in [5.74, 6) is 0.704. The number of carbonyl (C=O) groups excluding carboxylic acids is 2. The number of hydrogen-bond acceptors (Lipinski definition) is 4. The first-order valence-corrected chi connectivity index (χ1v) is 8.99. The number of nitrogens with zero attached hydrogens (tertiary/aromatic N) is 1. The third-order valence-corrected chi connectivity index (χ3v) is 4.84. The van der Waals surface area contributed by atoms with Crippen molar-refractivity contribution in [3.8, 4) is 5.75 Å². The predicted octanol–water partition coefficient (Wildman–Crippen LogP) is 3.51. The van der Waals surface area contributed by atoms with Gasteiger partial charge in [0.2, 0.25) is 0 Å². The molecule has 26 heavy (non-hydrogen) atoms. The van der Waals surface area contributed by atoms with Gasteiger partial charge >= 0.3 is 5.97 Å². The van der Waals surface area contributed by atoms with E-state index in [1.165, 1.54) is 7.11 Å². The van der Waals surface area contributed by atoms with E-state index in [1.54, 1.807) is 11.0 Å². The van der Waals surface area contributed by atoms with Crippen LogP contribution < -0.4 is 4.74 Å². The van der Waals surface area contributed by atoms with E-state index in [4.69, 9.17) is 9.47 Å². The molecule has 1 fully saturated rings. The lowest BCUT2D eigenvalue weighted by Gasteiger charge is -2.34. The SMILES string of the molecule is COc1cc2ccccc2cc1C(=O)OCC(=O)N1C[C@@H](C)C[C@H](C)C1. The zero-order valence-electron chi connectivity index (χ0n) is 15.5. The molecule has 2 atom stereocenters. The van der Waals surface area contributed by atoms with E-state index in [-0.39, 0.29) is 12.5 Å². The fourth-order valence-electron chi connectivity index (χ4n) is 3.71. The zero-order chi connectivity index (χ0) is 18.7. The zero-order valence-corrected chi connectivity index (χ0v) is 15.5. The molecule has 1 saturated heterocycles. The summed E-state index contributed by atoms with van der Waals surface area (Å²) in [5.41, 5.74) is 0.333. The fraction of sp³-hybridized carbons (Fsp3) is 0.429. The van der Waals surface area contributed by atoms with Crippen molar-refractivity contribution in [2.24, 2.45) is 11.8 Å². The van der Waals surface area contributed by atoms with Gasteiger partial charge in [-0.2, -0.15) is 0 Å². The van der Waals surface area contributed by atoms with E-state index in [9.17, 15) is 9.59 Å². The lowest BCUT2D eigenvalue weighted by Crippen LogP contribution is -2.44. The van der Waals surface area contributed by atoms with Gasteiger partial charge < -0.3 is 14.4 Å². The highest BCUT2D eigenvalue weighted by atomic mass is 16.5. The summed E-state index contributed by atoms with van der Waals surface area (Å²) in [6, 6.07) is 11.3. The molecule has 138 valence electrons. The lowest BCUT2D eigenvalue weighted by molar-refractivity contribution is -0.137. The second-order valence-electron chi connectivity index (χ2n) is 7.22. The topological polar surface area (TPSA) is 55.8 Å². The first-order chi connectivity index (χ1) is 12.5. The quantitative estimate of drug-likeness (QED) is 0.788. The molecule has 0 radical (unpaired) electrons. The van der Waals surface area contributed by atoms with Crippen LogP contribution in [-0.2, 0) is 9.53 Å². The summed E-state index contributed by atoms with van der Waals surface area (Å²) in [4.78, 5) is 26.7. The van der Waals surface area contributed by atoms with Crippen LogP contribution in [0.2, 0.25) is 0 Å². The number of rotatable bonds is 4. The molecular formula is C21H25NO4. The second kappa shape index (κ2) is 7.77. The number of ether oxygens (including phenoxy) is 2. The predicted molar refractivity (Wildman–Crippen MR) is 100 cm³/mol. The number of hydrogen-bond donors (Lipinski definition) is 0. The van der Waals surface area contributed by atoms with Crippen LogP contribution in [0.15, 0.2) is 36.4 Å². The number of fused-ring (bicyclic) bond motifs is 1. The molecule has 1 amide bonds. The maximum atomic E-state index is 12.5. The van der Waals surface area contributed by atoms with E-state index in [0.717, 1.165) is 30.3 Å². The van der Waals surface area contributed by atoms with Crippen molar-refractivity contribution in [3.63, 3.8) is 0 Å². The minimum atomic E-state index is -0.543. The van der Waals surface area contributed by atoms with Gasteiger partial charge in [-0.05, 0) is 41.2 Å². The average molecular weight is 355 g/mol. The Morgan fingerprint density at radius 1 is 1.08 bits per heavy atom. The van der Waals surface area contributed by atoms with Crippen LogP contribution >= 0.6 is 0 Å². The number of esters is 1. The highest BCUT2D eigenvalue weighted by molar-refractivity contribution is 5.99. The van der Waals surface area contributed by atoms with Crippen molar-refractivity contribution in [2.75, 3.05) is 26.8 Å². The van der Waals surface area contributed by atoms with E-state index in [2.05, 4.69) is 13.8 Å². The number of piperidine rings is 1. The van der Waals surface area contributed by atoms with Crippen molar-refractivity contribution in [2.45, 2.75) is 20.3 Å². The van der Waals surface area contributed by atoms with E-state index >= 15 is 0 Å². The molecule has 0 aliphatic carbocycles. The van der Waals surface area contributed by atoms with Gasteiger partial charge in [-0.25, -0.2) is 4.79 Å². The molecule has 2 aromatic rings. The van der Waals surface area contributed by atoms with Crippen molar-refractivity contribution in [3.05, 3.63) is 42.0 Å². The van der Waals surface area contributed by atoms with Crippen molar-refractivity contribution < 1.29 is 19.1 Å². The molecule has 1 heterocycles. The Kier molecular flexibility index (Phi) is 5.45. The highest BCUT2D eigenvalue weighted by Gasteiger charge is 2.26. The third-order valence-electron chi connectivity index (χ3n) is 4.84. The smallest absolute Gasteiger partial charge is 0.342 e. The van der Waals surface area contributed by atoms with E-state index in [0.29, 0.717) is 23.1 Å². The largest absolute Gasteiger partial charge is 0.496 e. The number of methoxy groups -OCH3 is 1. The van der Waals surface area contributed by atoms with Gasteiger partial charge in [0.15, 0.2) is 6.61 Å². The number of likely N-dealkylation sites (tertiary alicyclic amines) is 1. The first-order valence-electron chi connectivity index (χ1n) is 8.99. The van der Waals surface area contributed by atoms with Crippen molar-refractivity contribution in [1.82, 2.24) is 4.90 Å². The minimum absolute atomic E-state index is 0.142. The average Bonchev–Trinajstić information content (AvgIpc) is 2.63.